The minimum atomic E-state index is -0.710. The molecule has 0 spiro atoms. The van der Waals surface area contributed by atoms with Crippen LogP contribution in [0.15, 0.2) is 24.3 Å². The van der Waals surface area contributed by atoms with E-state index < -0.39 is 29.8 Å². The summed E-state index contributed by atoms with van der Waals surface area (Å²) >= 11 is 0. The minimum absolute atomic E-state index is 0.0627. The van der Waals surface area contributed by atoms with Gasteiger partial charge in [-0.1, -0.05) is 38.1 Å². The molecule has 4 rings (SSSR count). The van der Waals surface area contributed by atoms with Gasteiger partial charge in [0.1, 0.15) is 18.3 Å². The number of nitrogens with zero attached hydrogens (tertiary/aromatic N) is 1. The van der Waals surface area contributed by atoms with E-state index in [9.17, 15) is 14.4 Å². The Morgan fingerprint density at radius 1 is 1.15 bits per heavy atom. The number of carbonyl (C=O) groups excluding carboxylic acids is 3. The molecule has 180 valence electrons. The molecule has 0 radical (unpaired) electrons. The van der Waals surface area contributed by atoms with E-state index in [4.69, 9.17) is 4.74 Å². The average Bonchev–Trinajstić information content (AvgIpc) is 2.99. The predicted molar refractivity (Wildman–Crippen MR) is 124 cm³/mol. The third-order valence-electron chi connectivity index (χ3n) is 7.38. The van der Waals surface area contributed by atoms with Gasteiger partial charge in [0.2, 0.25) is 17.7 Å². The smallest absolute Gasteiger partial charge is 0.247 e. The normalized spacial score (nSPS) is 29.5. The van der Waals surface area contributed by atoms with Crippen LogP contribution in [0.3, 0.4) is 0 Å². The summed E-state index contributed by atoms with van der Waals surface area (Å²) < 4.78 is 6.02. The van der Waals surface area contributed by atoms with Crippen molar-refractivity contribution in [3.63, 3.8) is 0 Å². The van der Waals surface area contributed by atoms with E-state index in [1.54, 1.807) is 18.9 Å². The van der Waals surface area contributed by atoms with Crippen molar-refractivity contribution >= 4 is 17.7 Å². The highest BCUT2D eigenvalue weighted by atomic mass is 16.5. The maximum atomic E-state index is 13.7. The molecule has 1 aromatic rings. The quantitative estimate of drug-likeness (QED) is 0.626. The van der Waals surface area contributed by atoms with Gasteiger partial charge >= 0.3 is 0 Å². The lowest BCUT2D eigenvalue weighted by atomic mass is 9.82. The van der Waals surface area contributed by atoms with Crippen molar-refractivity contribution in [1.29, 1.82) is 0 Å². The average molecular weight is 457 g/mol. The van der Waals surface area contributed by atoms with Gasteiger partial charge in [0.25, 0.3) is 0 Å². The molecule has 3 amide bonds. The number of hydrogen-bond donors (Lipinski definition) is 3. The largest absolute Gasteiger partial charge is 0.358 e. The zero-order valence-corrected chi connectivity index (χ0v) is 20.0. The SMILES string of the molecule is CN[C@@H](C)C(=O)N[C@H]1CCO[C@H]2CC(C)(C)[C@H](C(=O)N[C@@H]3CCCc4ccccc43)N2C1=O. The van der Waals surface area contributed by atoms with Crippen LogP contribution in [-0.4, -0.2) is 60.6 Å². The molecule has 8 heteroatoms. The van der Waals surface area contributed by atoms with E-state index in [0.29, 0.717) is 19.4 Å². The van der Waals surface area contributed by atoms with Crippen molar-refractivity contribution in [2.45, 2.75) is 83.3 Å². The van der Waals surface area contributed by atoms with Gasteiger partial charge in [-0.25, -0.2) is 0 Å². The lowest BCUT2D eigenvalue weighted by Crippen LogP contribution is -2.58. The lowest BCUT2D eigenvalue weighted by molar-refractivity contribution is -0.150. The van der Waals surface area contributed by atoms with Crippen LogP contribution in [-0.2, 0) is 25.5 Å². The van der Waals surface area contributed by atoms with Gasteiger partial charge in [-0.05, 0) is 56.2 Å². The van der Waals surface area contributed by atoms with Crippen molar-refractivity contribution in [3.05, 3.63) is 35.4 Å². The topological polar surface area (TPSA) is 99.8 Å². The Hall–Kier alpha value is -2.45. The molecule has 0 unspecified atom stereocenters. The fourth-order valence-electron chi connectivity index (χ4n) is 5.43. The third kappa shape index (κ3) is 4.64. The summed E-state index contributed by atoms with van der Waals surface area (Å²) in [6, 6.07) is 6.38. The van der Waals surface area contributed by atoms with E-state index in [1.165, 1.54) is 5.56 Å². The first-order valence-corrected chi connectivity index (χ1v) is 12.0. The second-order valence-electron chi connectivity index (χ2n) is 10.2. The Morgan fingerprint density at radius 2 is 1.91 bits per heavy atom. The Morgan fingerprint density at radius 3 is 2.67 bits per heavy atom. The summed E-state index contributed by atoms with van der Waals surface area (Å²) in [6.45, 7) is 6.11. The van der Waals surface area contributed by atoms with Crippen LogP contribution < -0.4 is 16.0 Å². The number of likely N-dealkylation sites (N-methyl/N-ethyl adjacent to an activating group) is 1. The molecule has 3 aliphatic rings. The van der Waals surface area contributed by atoms with E-state index in [-0.39, 0.29) is 23.8 Å². The summed E-state index contributed by atoms with van der Waals surface area (Å²) in [7, 11) is 1.70. The molecule has 2 fully saturated rings. The number of carbonyl (C=O) groups is 3. The summed E-state index contributed by atoms with van der Waals surface area (Å²) in [5, 5.41) is 8.99. The minimum Gasteiger partial charge on any atom is -0.358 e. The summed E-state index contributed by atoms with van der Waals surface area (Å²) in [6.07, 6.45) is 3.41. The van der Waals surface area contributed by atoms with Crippen LogP contribution in [0.2, 0.25) is 0 Å². The number of hydrogen-bond acceptors (Lipinski definition) is 5. The predicted octanol–water partition coefficient (Wildman–Crippen LogP) is 1.65. The van der Waals surface area contributed by atoms with Crippen molar-refractivity contribution in [2.75, 3.05) is 13.7 Å². The van der Waals surface area contributed by atoms with Gasteiger partial charge < -0.3 is 25.6 Å². The van der Waals surface area contributed by atoms with Gasteiger partial charge in [-0.2, -0.15) is 0 Å². The van der Waals surface area contributed by atoms with E-state index in [2.05, 4.69) is 28.1 Å². The van der Waals surface area contributed by atoms with Crippen LogP contribution in [0.25, 0.3) is 0 Å². The molecule has 2 saturated heterocycles. The number of fused-ring (bicyclic) bond motifs is 2. The molecule has 1 aromatic carbocycles. The van der Waals surface area contributed by atoms with E-state index >= 15 is 0 Å². The third-order valence-corrected chi connectivity index (χ3v) is 7.38. The van der Waals surface area contributed by atoms with Crippen LogP contribution in [0.1, 0.15) is 63.6 Å². The number of rotatable bonds is 5. The molecule has 0 saturated carbocycles. The maximum absolute atomic E-state index is 13.7. The van der Waals surface area contributed by atoms with Crippen LogP contribution in [0, 0.1) is 5.41 Å². The Kier molecular flexibility index (Phi) is 6.77. The van der Waals surface area contributed by atoms with Gasteiger partial charge in [0, 0.05) is 6.42 Å². The molecule has 2 aliphatic heterocycles. The standard InChI is InChI=1S/C25H36N4O4/c1-15(26-4)22(30)28-19-12-13-33-20-14-25(2,3)21(29(20)24(19)32)23(31)27-18-11-7-9-16-8-5-6-10-17(16)18/h5-6,8,10,15,18-21,26H,7,9,11-14H2,1-4H3,(H,27,31)(H,28,30)/t15-,18+,19-,20-,21-/m0/s1. The Labute approximate surface area is 195 Å². The van der Waals surface area contributed by atoms with E-state index in [0.717, 1.165) is 24.8 Å². The highest BCUT2D eigenvalue weighted by Gasteiger charge is 2.55. The van der Waals surface area contributed by atoms with Gasteiger partial charge in [0.05, 0.1) is 18.7 Å². The highest BCUT2D eigenvalue weighted by Crippen LogP contribution is 2.43. The highest BCUT2D eigenvalue weighted by molar-refractivity contribution is 5.94. The number of amides is 3. The molecule has 0 aromatic heterocycles. The van der Waals surface area contributed by atoms with Crippen molar-refractivity contribution < 1.29 is 19.1 Å². The molecule has 1 aliphatic carbocycles. The number of benzene rings is 1. The molecule has 5 atom stereocenters. The van der Waals surface area contributed by atoms with Crippen molar-refractivity contribution in [1.82, 2.24) is 20.9 Å². The first-order valence-electron chi connectivity index (χ1n) is 12.0. The van der Waals surface area contributed by atoms with Gasteiger partial charge in [-0.15, -0.1) is 0 Å². The summed E-state index contributed by atoms with van der Waals surface area (Å²) in [4.78, 5) is 41.3. The van der Waals surface area contributed by atoms with Crippen LogP contribution in [0.4, 0.5) is 0 Å². The number of ether oxygens (including phenoxy) is 1. The molecule has 0 bridgehead atoms. The second-order valence-corrected chi connectivity index (χ2v) is 10.2. The number of aryl methyl sites for hydroxylation is 1. The molecule has 3 N–H and O–H groups in total. The van der Waals surface area contributed by atoms with Crippen LogP contribution >= 0.6 is 0 Å². The fraction of sp³-hybridized carbons (Fsp3) is 0.640. The second kappa shape index (κ2) is 9.43. The summed E-state index contributed by atoms with van der Waals surface area (Å²) in [5.41, 5.74) is 1.98. The first-order chi connectivity index (χ1) is 15.7. The fourth-order valence-corrected chi connectivity index (χ4v) is 5.43. The zero-order valence-electron chi connectivity index (χ0n) is 20.0. The molecule has 2 heterocycles. The number of nitrogens with one attached hydrogen (secondary N) is 3. The van der Waals surface area contributed by atoms with Crippen molar-refractivity contribution in [2.24, 2.45) is 5.41 Å². The van der Waals surface area contributed by atoms with Gasteiger partial charge in [0.15, 0.2) is 0 Å². The molecular formula is C25H36N4O4. The maximum Gasteiger partial charge on any atom is 0.247 e. The summed E-state index contributed by atoms with van der Waals surface area (Å²) in [5.74, 6) is -0.645. The van der Waals surface area contributed by atoms with Gasteiger partial charge in [-0.3, -0.25) is 14.4 Å². The molecule has 8 nitrogen and oxygen atoms in total. The zero-order chi connectivity index (χ0) is 23.8. The van der Waals surface area contributed by atoms with E-state index in [1.807, 2.05) is 26.0 Å². The van der Waals surface area contributed by atoms with Crippen LogP contribution in [0.5, 0.6) is 0 Å². The monoisotopic (exact) mass is 456 g/mol. The Balaban J connectivity index is 1.56. The lowest BCUT2D eigenvalue weighted by Gasteiger charge is -2.35. The molecular weight excluding hydrogens is 420 g/mol. The molecule has 33 heavy (non-hydrogen) atoms. The Bertz CT molecular complexity index is 917. The first kappa shape index (κ1) is 23.7. The van der Waals surface area contributed by atoms with Crippen molar-refractivity contribution in [3.8, 4) is 0 Å².